The van der Waals surface area contributed by atoms with Crippen molar-refractivity contribution in [3.05, 3.63) is 60.3 Å². The minimum Gasteiger partial charge on any atom is -0.459 e. The molecule has 0 aliphatic carbocycles. The van der Waals surface area contributed by atoms with Crippen LogP contribution in [-0.2, 0) is 20.9 Å². The number of aromatic nitrogens is 1. The Morgan fingerprint density at radius 3 is 2.43 bits per heavy atom. The smallest absolute Gasteiger partial charge is 0.397 e. The van der Waals surface area contributed by atoms with Crippen LogP contribution in [0.25, 0.3) is 0 Å². The summed E-state index contributed by atoms with van der Waals surface area (Å²) in [5.74, 6) is -1.18. The summed E-state index contributed by atoms with van der Waals surface area (Å²) in [6.45, 7) is 2.08. The minimum absolute atomic E-state index is 0.159. The van der Waals surface area contributed by atoms with E-state index in [2.05, 4.69) is 4.98 Å². The average molecular weight is 284 g/mol. The van der Waals surface area contributed by atoms with Crippen molar-refractivity contribution in [2.24, 2.45) is 0 Å². The summed E-state index contributed by atoms with van der Waals surface area (Å²) in [6.07, 6.45) is 1.58. The van der Waals surface area contributed by atoms with Gasteiger partial charge in [0, 0.05) is 6.20 Å². The Labute approximate surface area is 123 Å². The van der Waals surface area contributed by atoms with Crippen molar-refractivity contribution in [1.82, 2.24) is 4.98 Å². The molecule has 5 nitrogen and oxygen atoms in total. The van der Waals surface area contributed by atoms with E-state index in [0.717, 1.165) is 5.56 Å². The van der Waals surface area contributed by atoms with E-state index in [4.69, 9.17) is 4.74 Å². The van der Waals surface area contributed by atoms with Gasteiger partial charge in [-0.3, -0.25) is 9.69 Å². The molecule has 0 radical (unpaired) electrons. The number of esters is 1. The molecule has 5 heteroatoms. The third kappa shape index (κ3) is 3.89. The zero-order valence-corrected chi connectivity index (χ0v) is 11.7. The average Bonchev–Trinajstić information content (AvgIpc) is 2.54. The molecule has 0 saturated carbocycles. The summed E-state index contributed by atoms with van der Waals surface area (Å²) in [6, 6.07) is 14.6. The summed E-state index contributed by atoms with van der Waals surface area (Å²) >= 11 is 0. The van der Waals surface area contributed by atoms with Crippen LogP contribution in [-0.4, -0.2) is 23.5 Å². The van der Waals surface area contributed by atoms with E-state index in [1.807, 2.05) is 30.3 Å². The van der Waals surface area contributed by atoms with E-state index in [1.54, 1.807) is 31.3 Å². The highest BCUT2D eigenvalue weighted by atomic mass is 16.5. The number of anilines is 1. The van der Waals surface area contributed by atoms with Crippen LogP contribution in [0.5, 0.6) is 0 Å². The molecule has 2 rings (SSSR count). The van der Waals surface area contributed by atoms with Crippen molar-refractivity contribution in [2.75, 3.05) is 11.5 Å². The highest BCUT2D eigenvalue weighted by Crippen LogP contribution is 2.14. The Balaban J connectivity index is 2.27. The number of pyridine rings is 1. The fraction of sp³-hybridized carbons (Fsp3) is 0.188. The number of hydrogen-bond acceptors (Lipinski definition) is 4. The van der Waals surface area contributed by atoms with E-state index < -0.39 is 11.9 Å². The maximum Gasteiger partial charge on any atom is 0.397 e. The van der Waals surface area contributed by atoms with Gasteiger partial charge in [0.1, 0.15) is 5.82 Å². The normalized spacial score (nSPS) is 9.95. The summed E-state index contributed by atoms with van der Waals surface area (Å²) in [5, 5.41) is 0. The van der Waals surface area contributed by atoms with Crippen LogP contribution in [0, 0.1) is 0 Å². The highest BCUT2D eigenvalue weighted by molar-refractivity contribution is 6.37. The van der Waals surface area contributed by atoms with Crippen LogP contribution in [0.4, 0.5) is 5.82 Å². The SMILES string of the molecule is CCOC(=O)C(=O)N(Cc1ccccc1)c1ccccn1. The molecule has 0 spiro atoms. The topological polar surface area (TPSA) is 59.5 Å². The van der Waals surface area contributed by atoms with Gasteiger partial charge in [0.2, 0.25) is 0 Å². The molecule has 0 aliphatic rings. The first-order valence-corrected chi connectivity index (χ1v) is 6.66. The molecule has 0 atom stereocenters. The number of benzene rings is 1. The van der Waals surface area contributed by atoms with Crippen LogP contribution in [0.15, 0.2) is 54.7 Å². The largest absolute Gasteiger partial charge is 0.459 e. The van der Waals surface area contributed by atoms with Crippen LogP contribution in [0.1, 0.15) is 12.5 Å². The Kier molecular flexibility index (Phi) is 5.04. The van der Waals surface area contributed by atoms with E-state index in [9.17, 15) is 9.59 Å². The third-order valence-electron chi connectivity index (χ3n) is 2.80. The Hall–Kier alpha value is -2.69. The number of amides is 1. The lowest BCUT2D eigenvalue weighted by atomic mass is 10.2. The molecule has 0 N–H and O–H groups in total. The van der Waals surface area contributed by atoms with Crippen LogP contribution >= 0.6 is 0 Å². The minimum atomic E-state index is -0.876. The number of ether oxygens (including phenoxy) is 1. The number of rotatable bonds is 4. The van der Waals surface area contributed by atoms with Crippen molar-refractivity contribution in [2.45, 2.75) is 13.5 Å². The van der Waals surface area contributed by atoms with Crippen LogP contribution in [0.3, 0.4) is 0 Å². The zero-order valence-electron chi connectivity index (χ0n) is 11.7. The lowest BCUT2D eigenvalue weighted by Crippen LogP contribution is -2.37. The number of carbonyl (C=O) groups is 2. The highest BCUT2D eigenvalue weighted by Gasteiger charge is 2.25. The Bertz CT molecular complexity index is 599. The van der Waals surface area contributed by atoms with Gasteiger partial charge >= 0.3 is 11.9 Å². The van der Waals surface area contributed by atoms with Gasteiger partial charge in [-0.15, -0.1) is 0 Å². The first kappa shape index (κ1) is 14.7. The molecule has 1 amide bonds. The second kappa shape index (κ2) is 7.19. The molecule has 2 aromatic rings. The van der Waals surface area contributed by atoms with E-state index >= 15 is 0 Å². The van der Waals surface area contributed by atoms with Gasteiger partial charge in [0.25, 0.3) is 0 Å². The van der Waals surface area contributed by atoms with Gasteiger partial charge in [-0.05, 0) is 24.6 Å². The lowest BCUT2D eigenvalue weighted by Gasteiger charge is -2.20. The summed E-state index contributed by atoms with van der Waals surface area (Å²) < 4.78 is 4.79. The fourth-order valence-corrected chi connectivity index (χ4v) is 1.84. The quantitative estimate of drug-likeness (QED) is 0.638. The van der Waals surface area contributed by atoms with Gasteiger partial charge in [-0.2, -0.15) is 0 Å². The maximum absolute atomic E-state index is 12.2. The first-order chi connectivity index (χ1) is 10.2. The predicted molar refractivity (Wildman–Crippen MR) is 78.5 cm³/mol. The molecular weight excluding hydrogens is 268 g/mol. The molecule has 0 unspecified atom stereocenters. The number of nitrogens with zero attached hydrogens (tertiary/aromatic N) is 2. The summed E-state index contributed by atoms with van der Waals surface area (Å²) in [4.78, 5) is 29.4. The molecule has 1 heterocycles. The summed E-state index contributed by atoms with van der Waals surface area (Å²) in [5.41, 5.74) is 0.904. The molecule has 0 bridgehead atoms. The van der Waals surface area contributed by atoms with Crippen LogP contribution in [0.2, 0.25) is 0 Å². The van der Waals surface area contributed by atoms with Crippen molar-refractivity contribution in [3.8, 4) is 0 Å². The van der Waals surface area contributed by atoms with Crippen LogP contribution < -0.4 is 4.90 Å². The molecule has 0 fully saturated rings. The molecule has 1 aromatic carbocycles. The Morgan fingerprint density at radius 2 is 1.81 bits per heavy atom. The first-order valence-electron chi connectivity index (χ1n) is 6.66. The Morgan fingerprint density at radius 1 is 1.10 bits per heavy atom. The van der Waals surface area contributed by atoms with Gasteiger partial charge < -0.3 is 4.74 Å². The second-order valence-corrected chi connectivity index (χ2v) is 4.29. The zero-order chi connectivity index (χ0) is 15.1. The lowest BCUT2D eigenvalue weighted by molar-refractivity contribution is -0.153. The molecule has 0 aliphatic heterocycles. The fourth-order valence-electron chi connectivity index (χ4n) is 1.84. The summed E-state index contributed by atoms with van der Waals surface area (Å²) in [7, 11) is 0. The molecule has 0 saturated heterocycles. The van der Waals surface area contributed by atoms with Gasteiger partial charge in [-0.1, -0.05) is 36.4 Å². The predicted octanol–water partition coefficient (Wildman–Crippen LogP) is 2.18. The number of carbonyl (C=O) groups excluding carboxylic acids is 2. The van der Waals surface area contributed by atoms with E-state index in [-0.39, 0.29) is 13.2 Å². The standard InChI is InChI=1S/C16H16N2O3/c1-2-21-16(20)15(19)18(14-10-6-7-11-17-14)12-13-8-4-3-5-9-13/h3-11H,2,12H2,1H3. The maximum atomic E-state index is 12.2. The monoisotopic (exact) mass is 284 g/mol. The number of hydrogen-bond donors (Lipinski definition) is 0. The molecule has 1 aromatic heterocycles. The van der Waals surface area contributed by atoms with Crippen molar-refractivity contribution >= 4 is 17.7 Å². The third-order valence-corrected chi connectivity index (χ3v) is 2.80. The van der Waals surface area contributed by atoms with Crippen molar-refractivity contribution in [3.63, 3.8) is 0 Å². The molecule has 108 valence electrons. The van der Waals surface area contributed by atoms with Crippen molar-refractivity contribution < 1.29 is 14.3 Å². The molecular formula is C16H16N2O3. The van der Waals surface area contributed by atoms with E-state index in [1.165, 1.54) is 4.90 Å². The van der Waals surface area contributed by atoms with Gasteiger partial charge in [0.15, 0.2) is 0 Å². The van der Waals surface area contributed by atoms with Gasteiger partial charge in [-0.25, -0.2) is 9.78 Å². The van der Waals surface area contributed by atoms with Crippen molar-refractivity contribution in [1.29, 1.82) is 0 Å². The van der Waals surface area contributed by atoms with E-state index in [0.29, 0.717) is 5.82 Å². The van der Waals surface area contributed by atoms with Gasteiger partial charge in [0.05, 0.1) is 13.2 Å². The second-order valence-electron chi connectivity index (χ2n) is 4.29. The molecule has 21 heavy (non-hydrogen) atoms.